The third-order valence-electron chi connectivity index (χ3n) is 2.94. The average molecular weight is 251 g/mol. The lowest BCUT2D eigenvalue weighted by Crippen LogP contribution is -2.50. The summed E-state index contributed by atoms with van der Waals surface area (Å²) >= 11 is 0. The number of hydrogen-bond acceptors (Lipinski definition) is 4. The number of carbonyl (C=O) groups is 2. The molecule has 2 rings (SSSR count). The van der Waals surface area contributed by atoms with E-state index in [1.54, 1.807) is 0 Å². The summed E-state index contributed by atoms with van der Waals surface area (Å²) in [6, 6.07) is 0. The van der Waals surface area contributed by atoms with E-state index >= 15 is 0 Å². The number of H-pyrrole nitrogens is 1. The minimum atomic E-state index is -0.300. The molecular weight excluding hydrogens is 234 g/mol. The number of aromatic amines is 1. The SMILES string of the molecule is CC(C)c1[nH]nc(C(=O)N2CCNC(=O)C2)c1N. The van der Waals surface area contributed by atoms with Crippen LogP contribution in [0.2, 0.25) is 0 Å². The summed E-state index contributed by atoms with van der Waals surface area (Å²) in [6.07, 6.45) is 0. The molecule has 4 N–H and O–H groups in total. The Morgan fingerprint density at radius 1 is 1.50 bits per heavy atom. The zero-order valence-corrected chi connectivity index (χ0v) is 10.5. The molecule has 98 valence electrons. The van der Waals surface area contributed by atoms with Crippen LogP contribution in [0.4, 0.5) is 5.69 Å². The zero-order valence-electron chi connectivity index (χ0n) is 10.5. The first-order valence-electron chi connectivity index (χ1n) is 5.90. The van der Waals surface area contributed by atoms with E-state index in [2.05, 4.69) is 15.5 Å². The van der Waals surface area contributed by atoms with Crippen molar-refractivity contribution < 1.29 is 9.59 Å². The fourth-order valence-electron chi connectivity index (χ4n) is 1.93. The molecule has 0 unspecified atom stereocenters. The normalized spacial score (nSPS) is 15.9. The fraction of sp³-hybridized carbons (Fsp3) is 0.545. The van der Waals surface area contributed by atoms with Gasteiger partial charge >= 0.3 is 0 Å². The number of hydrogen-bond donors (Lipinski definition) is 3. The zero-order chi connectivity index (χ0) is 13.3. The molecule has 1 aromatic rings. The number of nitrogens with zero attached hydrogens (tertiary/aromatic N) is 2. The van der Waals surface area contributed by atoms with Crippen molar-refractivity contribution in [2.24, 2.45) is 0 Å². The predicted molar refractivity (Wildman–Crippen MR) is 66.0 cm³/mol. The van der Waals surface area contributed by atoms with Crippen molar-refractivity contribution in [1.29, 1.82) is 0 Å². The van der Waals surface area contributed by atoms with E-state index in [0.717, 1.165) is 5.69 Å². The number of carbonyl (C=O) groups excluding carboxylic acids is 2. The molecule has 0 radical (unpaired) electrons. The van der Waals surface area contributed by atoms with Crippen LogP contribution in [0, 0.1) is 0 Å². The van der Waals surface area contributed by atoms with Crippen LogP contribution in [0.5, 0.6) is 0 Å². The van der Waals surface area contributed by atoms with Crippen LogP contribution in [-0.4, -0.2) is 46.5 Å². The summed E-state index contributed by atoms with van der Waals surface area (Å²) < 4.78 is 0. The smallest absolute Gasteiger partial charge is 0.277 e. The summed E-state index contributed by atoms with van der Waals surface area (Å²) in [5, 5.41) is 9.41. The van der Waals surface area contributed by atoms with Gasteiger partial charge in [-0.2, -0.15) is 5.10 Å². The van der Waals surface area contributed by atoms with Crippen LogP contribution < -0.4 is 11.1 Å². The first-order chi connectivity index (χ1) is 8.50. The lowest BCUT2D eigenvalue weighted by Gasteiger charge is -2.26. The van der Waals surface area contributed by atoms with E-state index in [4.69, 9.17) is 5.73 Å². The van der Waals surface area contributed by atoms with E-state index in [-0.39, 0.29) is 30.0 Å². The monoisotopic (exact) mass is 251 g/mol. The van der Waals surface area contributed by atoms with Gasteiger partial charge < -0.3 is 16.0 Å². The second-order valence-corrected chi connectivity index (χ2v) is 4.63. The van der Waals surface area contributed by atoms with Gasteiger partial charge in [0, 0.05) is 13.1 Å². The summed E-state index contributed by atoms with van der Waals surface area (Å²) in [5.41, 5.74) is 7.23. The molecule has 0 bridgehead atoms. The topological polar surface area (TPSA) is 104 Å². The van der Waals surface area contributed by atoms with Gasteiger partial charge in [0.05, 0.1) is 17.9 Å². The van der Waals surface area contributed by atoms with Crippen LogP contribution in [0.25, 0.3) is 0 Å². The van der Waals surface area contributed by atoms with Gasteiger partial charge in [-0.05, 0) is 5.92 Å². The average Bonchev–Trinajstić information content (AvgIpc) is 2.70. The number of anilines is 1. The highest BCUT2D eigenvalue weighted by Gasteiger charge is 2.27. The van der Waals surface area contributed by atoms with E-state index in [9.17, 15) is 9.59 Å². The molecule has 1 saturated heterocycles. The summed E-state index contributed by atoms with van der Waals surface area (Å²) in [4.78, 5) is 24.9. The quantitative estimate of drug-likeness (QED) is 0.670. The number of aromatic nitrogens is 2. The van der Waals surface area contributed by atoms with Crippen molar-refractivity contribution in [3.8, 4) is 0 Å². The number of nitrogen functional groups attached to an aromatic ring is 1. The Labute approximate surface area is 105 Å². The van der Waals surface area contributed by atoms with Crippen molar-refractivity contribution in [3.63, 3.8) is 0 Å². The third kappa shape index (κ3) is 2.15. The third-order valence-corrected chi connectivity index (χ3v) is 2.94. The molecule has 2 heterocycles. The first kappa shape index (κ1) is 12.4. The molecule has 0 spiro atoms. The summed E-state index contributed by atoms with van der Waals surface area (Å²) in [6.45, 7) is 4.93. The molecular formula is C11H17N5O2. The maximum Gasteiger partial charge on any atom is 0.277 e. The molecule has 1 fully saturated rings. The number of rotatable bonds is 2. The van der Waals surface area contributed by atoms with Crippen LogP contribution in [0.1, 0.15) is 35.9 Å². The molecule has 0 aromatic carbocycles. The van der Waals surface area contributed by atoms with E-state index in [1.807, 2.05) is 13.8 Å². The molecule has 1 aromatic heterocycles. The minimum Gasteiger partial charge on any atom is -0.395 e. The second kappa shape index (κ2) is 4.67. The lowest BCUT2D eigenvalue weighted by molar-refractivity contribution is -0.123. The van der Waals surface area contributed by atoms with Gasteiger partial charge in [-0.1, -0.05) is 13.8 Å². The second-order valence-electron chi connectivity index (χ2n) is 4.63. The number of nitrogens with one attached hydrogen (secondary N) is 2. The molecule has 0 aliphatic carbocycles. The van der Waals surface area contributed by atoms with Gasteiger partial charge in [0.2, 0.25) is 5.91 Å². The van der Waals surface area contributed by atoms with Crippen molar-refractivity contribution >= 4 is 17.5 Å². The Kier molecular flexibility index (Phi) is 3.22. The Morgan fingerprint density at radius 3 is 2.78 bits per heavy atom. The lowest BCUT2D eigenvalue weighted by atomic mass is 10.1. The van der Waals surface area contributed by atoms with Gasteiger partial charge in [-0.3, -0.25) is 14.7 Å². The summed E-state index contributed by atoms with van der Waals surface area (Å²) in [7, 11) is 0. The molecule has 2 amide bonds. The maximum atomic E-state index is 12.2. The largest absolute Gasteiger partial charge is 0.395 e. The maximum absolute atomic E-state index is 12.2. The fourth-order valence-corrected chi connectivity index (χ4v) is 1.93. The molecule has 7 heteroatoms. The molecule has 7 nitrogen and oxygen atoms in total. The van der Waals surface area contributed by atoms with Crippen molar-refractivity contribution in [1.82, 2.24) is 20.4 Å². The van der Waals surface area contributed by atoms with E-state index in [1.165, 1.54) is 4.90 Å². The van der Waals surface area contributed by atoms with E-state index < -0.39 is 0 Å². The Morgan fingerprint density at radius 2 is 2.22 bits per heavy atom. The summed E-state index contributed by atoms with van der Waals surface area (Å²) in [5.74, 6) is -0.290. The highest BCUT2D eigenvalue weighted by atomic mass is 16.2. The van der Waals surface area contributed by atoms with Crippen LogP contribution in [0.15, 0.2) is 0 Å². The molecule has 0 saturated carbocycles. The van der Waals surface area contributed by atoms with Gasteiger partial charge in [-0.15, -0.1) is 0 Å². The first-order valence-corrected chi connectivity index (χ1v) is 5.90. The molecule has 1 aliphatic rings. The van der Waals surface area contributed by atoms with Crippen molar-refractivity contribution in [2.45, 2.75) is 19.8 Å². The van der Waals surface area contributed by atoms with Crippen LogP contribution in [0.3, 0.4) is 0 Å². The van der Waals surface area contributed by atoms with Crippen LogP contribution in [-0.2, 0) is 4.79 Å². The van der Waals surface area contributed by atoms with E-state index in [0.29, 0.717) is 18.8 Å². The Hall–Kier alpha value is -2.05. The van der Waals surface area contributed by atoms with Gasteiger partial charge in [0.25, 0.3) is 5.91 Å². The number of piperazine rings is 1. The highest BCUT2D eigenvalue weighted by molar-refractivity contribution is 5.99. The standard InChI is InChI=1S/C11H17N5O2/c1-6(2)9-8(12)10(15-14-9)11(18)16-4-3-13-7(17)5-16/h6H,3-5,12H2,1-2H3,(H,13,17)(H,14,15). The Bertz CT molecular complexity index is 480. The van der Waals surface area contributed by atoms with Gasteiger partial charge in [-0.25, -0.2) is 0 Å². The molecule has 1 aliphatic heterocycles. The molecule has 0 atom stereocenters. The van der Waals surface area contributed by atoms with Gasteiger partial charge in [0.15, 0.2) is 5.69 Å². The minimum absolute atomic E-state index is 0.0577. The number of amides is 2. The molecule has 18 heavy (non-hydrogen) atoms. The van der Waals surface area contributed by atoms with Crippen molar-refractivity contribution in [2.75, 3.05) is 25.4 Å². The predicted octanol–water partition coefficient (Wildman–Crippen LogP) is -0.313. The van der Waals surface area contributed by atoms with Gasteiger partial charge in [0.1, 0.15) is 0 Å². The highest BCUT2D eigenvalue weighted by Crippen LogP contribution is 2.23. The van der Waals surface area contributed by atoms with Crippen molar-refractivity contribution in [3.05, 3.63) is 11.4 Å². The number of nitrogens with two attached hydrogens (primary N) is 1. The Balaban J connectivity index is 2.21. The van der Waals surface area contributed by atoms with Crippen LogP contribution >= 0.6 is 0 Å².